The molecule has 178 valence electrons. The van der Waals surface area contributed by atoms with E-state index in [4.69, 9.17) is 11.6 Å². The van der Waals surface area contributed by atoms with Gasteiger partial charge in [-0.1, -0.05) is 53.7 Å². The number of halogens is 1. The minimum Gasteiger partial charge on any atom is -0.368 e. The van der Waals surface area contributed by atoms with E-state index in [9.17, 15) is 9.59 Å². The highest BCUT2D eigenvalue weighted by molar-refractivity contribution is 8.04. The van der Waals surface area contributed by atoms with Crippen LogP contribution in [0.2, 0.25) is 5.02 Å². The van der Waals surface area contributed by atoms with Crippen LogP contribution in [0.4, 0.5) is 11.4 Å². The molecule has 0 radical (unpaired) electrons. The zero-order valence-corrected chi connectivity index (χ0v) is 21.3. The normalized spacial score (nSPS) is 16.5. The number of carbonyl (C=O) groups is 2. The molecule has 0 saturated carbocycles. The van der Waals surface area contributed by atoms with Crippen LogP contribution in [-0.2, 0) is 9.59 Å². The Morgan fingerprint density at radius 1 is 0.743 bits per heavy atom. The molecule has 2 amide bonds. The smallest absolute Gasteiger partial charge is 0.283 e. The van der Waals surface area contributed by atoms with E-state index < -0.39 is 0 Å². The van der Waals surface area contributed by atoms with E-state index in [0.29, 0.717) is 34.4 Å². The van der Waals surface area contributed by atoms with Crippen molar-refractivity contribution in [3.8, 4) is 0 Å². The highest BCUT2D eigenvalue weighted by Crippen LogP contribution is 2.40. The number of para-hydroxylation sites is 1. The molecule has 5 rings (SSSR count). The van der Waals surface area contributed by atoms with Gasteiger partial charge in [0.25, 0.3) is 11.8 Å². The summed E-state index contributed by atoms with van der Waals surface area (Å²) in [5.74, 6) is -0.530. The van der Waals surface area contributed by atoms with Gasteiger partial charge in [-0.15, -0.1) is 0 Å². The Morgan fingerprint density at radius 3 is 2.09 bits per heavy atom. The molecule has 7 heteroatoms. The first-order valence-electron chi connectivity index (χ1n) is 11.6. The molecule has 0 atom stereocenters. The first kappa shape index (κ1) is 23.5. The van der Waals surface area contributed by atoms with Gasteiger partial charge in [0.1, 0.15) is 10.6 Å². The topological polar surface area (TPSA) is 43.9 Å². The Kier molecular flexibility index (Phi) is 6.58. The second kappa shape index (κ2) is 9.80. The Hall–Kier alpha value is -3.22. The number of anilines is 2. The molecule has 0 unspecified atom stereocenters. The van der Waals surface area contributed by atoms with Crippen LogP contribution >= 0.6 is 23.4 Å². The van der Waals surface area contributed by atoms with Crippen molar-refractivity contribution in [3.05, 3.63) is 99.5 Å². The summed E-state index contributed by atoms with van der Waals surface area (Å²) in [7, 11) is 0. The number of thioether (sulfide) groups is 1. The molecular weight excluding hydrogens is 478 g/mol. The first-order valence-corrected chi connectivity index (χ1v) is 12.8. The van der Waals surface area contributed by atoms with Crippen molar-refractivity contribution in [2.75, 3.05) is 36.0 Å². The maximum atomic E-state index is 13.8. The van der Waals surface area contributed by atoms with E-state index in [1.807, 2.05) is 62.4 Å². The number of rotatable bonds is 5. The maximum Gasteiger partial charge on any atom is 0.283 e. The third-order valence-corrected chi connectivity index (χ3v) is 7.92. The monoisotopic (exact) mass is 503 g/mol. The molecule has 0 aliphatic carbocycles. The molecule has 0 N–H and O–H groups in total. The van der Waals surface area contributed by atoms with Crippen LogP contribution in [0.15, 0.2) is 88.3 Å². The highest BCUT2D eigenvalue weighted by Gasteiger charge is 2.43. The molecule has 2 aliphatic heterocycles. The van der Waals surface area contributed by atoms with Gasteiger partial charge in [0.05, 0.1) is 5.69 Å². The summed E-state index contributed by atoms with van der Waals surface area (Å²) >= 11 is 7.40. The molecular formula is C28H26ClN3O2S. The summed E-state index contributed by atoms with van der Waals surface area (Å²) in [5.41, 5.74) is 4.28. The van der Waals surface area contributed by atoms with E-state index >= 15 is 0 Å². The van der Waals surface area contributed by atoms with Gasteiger partial charge in [0.15, 0.2) is 0 Å². The van der Waals surface area contributed by atoms with Gasteiger partial charge in [0, 0.05) is 41.8 Å². The van der Waals surface area contributed by atoms with Crippen LogP contribution in [0.3, 0.4) is 0 Å². The Balaban J connectivity index is 1.48. The number of imide groups is 1. The van der Waals surface area contributed by atoms with Crippen molar-refractivity contribution >= 4 is 46.6 Å². The Bertz CT molecular complexity index is 1300. The van der Waals surface area contributed by atoms with Gasteiger partial charge in [-0.2, -0.15) is 0 Å². The zero-order valence-electron chi connectivity index (χ0n) is 19.7. The quantitative estimate of drug-likeness (QED) is 0.420. The molecule has 0 spiro atoms. The summed E-state index contributed by atoms with van der Waals surface area (Å²) in [6.45, 7) is 6.82. The number of nitrogens with zero attached hydrogens (tertiary/aromatic N) is 3. The van der Waals surface area contributed by atoms with Crippen molar-refractivity contribution in [2.24, 2.45) is 0 Å². The fourth-order valence-corrected chi connectivity index (χ4v) is 5.64. The van der Waals surface area contributed by atoms with Gasteiger partial charge in [-0.3, -0.25) is 9.59 Å². The summed E-state index contributed by atoms with van der Waals surface area (Å²) in [4.78, 5) is 34.7. The molecule has 2 aliphatic rings. The first-order chi connectivity index (χ1) is 16.9. The van der Waals surface area contributed by atoms with Crippen LogP contribution < -0.4 is 9.80 Å². The predicted molar refractivity (Wildman–Crippen MR) is 143 cm³/mol. The number of amides is 2. The van der Waals surface area contributed by atoms with E-state index in [1.165, 1.54) is 22.3 Å². The molecule has 3 aromatic rings. The van der Waals surface area contributed by atoms with Gasteiger partial charge >= 0.3 is 0 Å². The van der Waals surface area contributed by atoms with Crippen molar-refractivity contribution in [1.29, 1.82) is 0 Å². The van der Waals surface area contributed by atoms with E-state index in [0.717, 1.165) is 29.1 Å². The largest absolute Gasteiger partial charge is 0.368 e. The van der Waals surface area contributed by atoms with Crippen molar-refractivity contribution in [1.82, 2.24) is 4.90 Å². The van der Waals surface area contributed by atoms with E-state index in [2.05, 4.69) is 21.9 Å². The lowest BCUT2D eigenvalue weighted by Crippen LogP contribution is -2.47. The minimum absolute atomic E-state index is 0.256. The number of carbonyl (C=O) groups excluding carboxylic acids is 2. The molecule has 3 aromatic carbocycles. The number of piperazine rings is 1. The van der Waals surface area contributed by atoms with E-state index in [1.54, 1.807) is 12.1 Å². The highest BCUT2D eigenvalue weighted by atomic mass is 35.5. The van der Waals surface area contributed by atoms with Crippen molar-refractivity contribution in [2.45, 2.75) is 18.7 Å². The Labute approximate surface area is 215 Å². The summed E-state index contributed by atoms with van der Waals surface area (Å²) in [6, 6.07) is 23.4. The van der Waals surface area contributed by atoms with Crippen molar-refractivity contribution < 1.29 is 9.59 Å². The lowest BCUT2D eigenvalue weighted by molar-refractivity contribution is -0.121. The standard InChI is InChI=1S/C28H26ClN3O2S/c1-19-7-6-10-24(20(19)2)32-27(33)25(26(28(32)34)35-23-13-11-21(29)12-14-23)31-17-15-30(16-18-31)22-8-4-3-5-9-22/h3-14H,15-18H2,1-2H3. The third kappa shape index (κ3) is 4.56. The van der Waals surface area contributed by atoms with Crippen LogP contribution in [-0.4, -0.2) is 42.9 Å². The second-order valence-electron chi connectivity index (χ2n) is 8.71. The van der Waals surface area contributed by atoms with Crippen LogP contribution in [0.25, 0.3) is 0 Å². The predicted octanol–water partition coefficient (Wildman–Crippen LogP) is 5.66. The molecule has 5 nitrogen and oxygen atoms in total. The second-order valence-corrected chi connectivity index (χ2v) is 10.2. The number of benzene rings is 3. The third-order valence-electron chi connectivity index (χ3n) is 6.59. The summed E-state index contributed by atoms with van der Waals surface area (Å²) in [5, 5.41) is 0.631. The lowest BCUT2D eigenvalue weighted by Gasteiger charge is -2.37. The average Bonchev–Trinajstić information content (AvgIpc) is 3.12. The van der Waals surface area contributed by atoms with Gasteiger partial charge in [-0.25, -0.2) is 4.90 Å². The zero-order chi connectivity index (χ0) is 24.5. The lowest BCUT2D eigenvalue weighted by atomic mass is 10.1. The molecule has 35 heavy (non-hydrogen) atoms. The fraction of sp³-hybridized carbons (Fsp3) is 0.214. The number of hydrogen-bond acceptors (Lipinski definition) is 5. The average molecular weight is 504 g/mol. The summed E-state index contributed by atoms with van der Waals surface area (Å²) < 4.78 is 0. The van der Waals surface area contributed by atoms with Gasteiger partial charge in [0.2, 0.25) is 0 Å². The van der Waals surface area contributed by atoms with Crippen molar-refractivity contribution in [3.63, 3.8) is 0 Å². The number of hydrogen-bond donors (Lipinski definition) is 0. The number of aryl methyl sites for hydroxylation is 1. The molecule has 1 fully saturated rings. The van der Waals surface area contributed by atoms with E-state index in [-0.39, 0.29) is 11.8 Å². The summed E-state index contributed by atoms with van der Waals surface area (Å²) in [6.07, 6.45) is 0. The van der Waals surface area contributed by atoms with Gasteiger partial charge < -0.3 is 9.80 Å². The van der Waals surface area contributed by atoms with Gasteiger partial charge in [-0.05, 0) is 67.4 Å². The SMILES string of the molecule is Cc1cccc(N2C(=O)C(Sc3ccc(Cl)cc3)=C(N3CCN(c4ccccc4)CC3)C2=O)c1C. The van der Waals surface area contributed by atoms with Crippen LogP contribution in [0, 0.1) is 13.8 Å². The molecule has 0 bridgehead atoms. The van der Waals surface area contributed by atoms with Crippen LogP contribution in [0.1, 0.15) is 11.1 Å². The maximum absolute atomic E-state index is 13.8. The minimum atomic E-state index is -0.274. The Morgan fingerprint density at radius 2 is 1.40 bits per heavy atom. The molecule has 2 heterocycles. The molecule has 1 saturated heterocycles. The fourth-order valence-electron chi connectivity index (χ4n) is 4.51. The van der Waals surface area contributed by atoms with Crippen LogP contribution in [0.5, 0.6) is 0 Å². The molecule has 0 aromatic heterocycles.